The van der Waals surface area contributed by atoms with Crippen LogP contribution in [0.2, 0.25) is 0 Å². The van der Waals surface area contributed by atoms with Gasteiger partial charge in [0.2, 0.25) is 5.89 Å². The molecule has 0 spiro atoms. The van der Waals surface area contributed by atoms with Crippen LogP contribution >= 0.6 is 0 Å². The van der Waals surface area contributed by atoms with Gasteiger partial charge in [-0.2, -0.15) is 5.10 Å². The van der Waals surface area contributed by atoms with E-state index in [1.54, 1.807) is 31.7 Å². The molecule has 0 saturated heterocycles. The number of benzene rings is 1. The van der Waals surface area contributed by atoms with Crippen LogP contribution in [0.4, 0.5) is 0 Å². The first-order valence-corrected chi connectivity index (χ1v) is 10.3. The van der Waals surface area contributed by atoms with Gasteiger partial charge in [0.15, 0.2) is 11.9 Å². The van der Waals surface area contributed by atoms with Crippen molar-refractivity contribution in [1.29, 1.82) is 0 Å². The van der Waals surface area contributed by atoms with Crippen molar-refractivity contribution in [3.8, 4) is 34.1 Å². The van der Waals surface area contributed by atoms with Crippen molar-refractivity contribution in [2.24, 2.45) is 7.05 Å². The first-order valence-electron chi connectivity index (χ1n) is 10.3. The minimum Gasteiger partial charge on any atom is -0.491 e. The third kappa shape index (κ3) is 3.86. The molecule has 0 aliphatic carbocycles. The molecule has 0 aliphatic heterocycles. The summed E-state index contributed by atoms with van der Waals surface area (Å²) in [6, 6.07) is 11.7. The summed E-state index contributed by atoms with van der Waals surface area (Å²) < 4.78 is 18.8. The number of aryl methyl sites for hydroxylation is 2. The largest absolute Gasteiger partial charge is 0.491 e. The summed E-state index contributed by atoms with van der Waals surface area (Å²) in [7, 11) is 3.42. The number of hydrogen-bond donors (Lipinski definition) is 0. The van der Waals surface area contributed by atoms with Crippen molar-refractivity contribution in [3.63, 3.8) is 0 Å². The van der Waals surface area contributed by atoms with Crippen molar-refractivity contribution in [1.82, 2.24) is 34.9 Å². The fraction of sp³-hybridized carbons (Fsp3) is 0.217. The Bertz CT molecular complexity index is 1430. The first-order chi connectivity index (χ1) is 16.0. The zero-order chi connectivity index (χ0) is 22.9. The molecule has 1 aromatic carbocycles. The lowest BCUT2D eigenvalue weighted by atomic mass is 10.0. The van der Waals surface area contributed by atoms with Gasteiger partial charge in [-0.15, -0.1) is 10.2 Å². The Morgan fingerprint density at radius 3 is 2.61 bits per heavy atom. The molecule has 10 heteroatoms. The van der Waals surface area contributed by atoms with Gasteiger partial charge in [-0.05, 0) is 6.92 Å². The predicted molar refractivity (Wildman–Crippen MR) is 120 cm³/mol. The predicted octanol–water partition coefficient (Wildman–Crippen LogP) is 3.93. The average molecular weight is 443 g/mol. The van der Waals surface area contributed by atoms with E-state index in [-0.39, 0.29) is 5.88 Å². The average Bonchev–Trinajstić information content (AvgIpc) is 3.44. The van der Waals surface area contributed by atoms with E-state index in [1.165, 1.54) is 6.33 Å². The molecule has 0 fully saturated rings. The maximum Gasteiger partial charge on any atom is 0.258 e. The molecule has 5 rings (SSSR count). The van der Waals surface area contributed by atoms with Crippen LogP contribution in [0, 0.1) is 6.92 Å². The van der Waals surface area contributed by atoms with Crippen molar-refractivity contribution in [3.05, 3.63) is 60.7 Å². The maximum absolute atomic E-state index is 6.05. The van der Waals surface area contributed by atoms with Gasteiger partial charge in [-0.3, -0.25) is 4.68 Å². The van der Waals surface area contributed by atoms with E-state index >= 15 is 0 Å². The van der Waals surface area contributed by atoms with Gasteiger partial charge >= 0.3 is 0 Å². The monoisotopic (exact) mass is 443 g/mol. The standard InChI is InChI=1S/C23H21N7O3/c1-13(22-28-27-14(2)33-22)32-23-18(31-4)10-17-21(26-23)20(25-12-24-17)16-11-30(3)29-19(16)15-8-6-5-7-9-15/h5-13H,1-4H3. The SMILES string of the molecule is COc1cc2ncnc(-c3cn(C)nc3-c3ccccc3)c2nc1OC(C)c1nnc(C)o1. The van der Waals surface area contributed by atoms with E-state index in [1.807, 2.05) is 43.6 Å². The van der Waals surface area contributed by atoms with Crippen LogP contribution in [-0.4, -0.2) is 42.0 Å². The van der Waals surface area contributed by atoms with Crippen LogP contribution in [0.5, 0.6) is 11.6 Å². The Labute approximate surface area is 189 Å². The number of nitrogens with zero attached hydrogens (tertiary/aromatic N) is 7. The molecular weight excluding hydrogens is 422 g/mol. The van der Waals surface area contributed by atoms with Gasteiger partial charge in [-0.1, -0.05) is 30.3 Å². The highest BCUT2D eigenvalue weighted by Crippen LogP contribution is 2.37. The van der Waals surface area contributed by atoms with E-state index in [4.69, 9.17) is 18.9 Å². The van der Waals surface area contributed by atoms with Gasteiger partial charge in [0.1, 0.15) is 23.2 Å². The highest BCUT2D eigenvalue weighted by Gasteiger charge is 2.22. The summed E-state index contributed by atoms with van der Waals surface area (Å²) in [6.07, 6.45) is 2.89. The topological polar surface area (TPSA) is 114 Å². The lowest BCUT2D eigenvalue weighted by molar-refractivity contribution is 0.172. The molecule has 0 amide bonds. The minimum atomic E-state index is -0.531. The van der Waals surface area contributed by atoms with E-state index in [0.29, 0.717) is 34.3 Å². The molecule has 0 N–H and O–H groups in total. The van der Waals surface area contributed by atoms with E-state index in [2.05, 4.69) is 25.3 Å². The van der Waals surface area contributed by atoms with Crippen molar-refractivity contribution in [2.45, 2.75) is 20.0 Å². The Morgan fingerprint density at radius 1 is 1.06 bits per heavy atom. The zero-order valence-corrected chi connectivity index (χ0v) is 18.6. The summed E-state index contributed by atoms with van der Waals surface area (Å²) >= 11 is 0. The van der Waals surface area contributed by atoms with Gasteiger partial charge in [0, 0.05) is 37.4 Å². The second-order valence-electron chi connectivity index (χ2n) is 7.44. The number of fused-ring (bicyclic) bond motifs is 1. The highest BCUT2D eigenvalue weighted by atomic mass is 16.5. The molecule has 0 aliphatic rings. The van der Waals surface area contributed by atoms with Crippen LogP contribution < -0.4 is 9.47 Å². The van der Waals surface area contributed by atoms with Crippen LogP contribution in [0.25, 0.3) is 33.5 Å². The smallest absolute Gasteiger partial charge is 0.258 e. The summed E-state index contributed by atoms with van der Waals surface area (Å²) in [4.78, 5) is 13.7. The summed E-state index contributed by atoms with van der Waals surface area (Å²) in [5, 5.41) is 12.5. The fourth-order valence-electron chi connectivity index (χ4n) is 3.54. The number of methoxy groups -OCH3 is 1. The highest BCUT2D eigenvalue weighted by molar-refractivity contribution is 5.94. The first kappa shape index (κ1) is 20.6. The minimum absolute atomic E-state index is 0.273. The third-order valence-corrected chi connectivity index (χ3v) is 5.07. The maximum atomic E-state index is 6.05. The van der Waals surface area contributed by atoms with Crippen LogP contribution in [0.3, 0.4) is 0 Å². The molecule has 166 valence electrons. The quantitative estimate of drug-likeness (QED) is 0.385. The van der Waals surface area contributed by atoms with Crippen LogP contribution in [0.15, 0.2) is 53.3 Å². The fourth-order valence-corrected chi connectivity index (χ4v) is 3.54. The summed E-state index contributed by atoms with van der Waals surface area (Å²) in [5.41, 5.74) is 4.43. The Hall–Kier alpha value is -4.34. The molecule has 0 radical (unpaired) electrons. The van der Waals surface area contributed by atoms with Gasteiger partial charge in [0.25, 0.3) is 11.8 Å². The molecule has 1 atom stereocenters. The van der Waals surface area contributed by atoms with Crippen LogP contribution in [-0.2, 0) is 7.05 Å². The molecule has 5 aromatic rings. The van der Waals surface area contributed by atoms with E-state index in [9.17, 15) is 0 Å². The molecule has 1 unspecified atom stereocenters. The molecular formula is C23H21N7O3. The van der Waals surface area contributed by atoms with Gasteiger partial charge < -0.3 is 13.9 Å². The number of pyridine rings is 1. The number of ether oxygens (including phenoxy) is 2. The van der Waals surface area contributed by atoms with Gasteiger partial charge in [0.05, 0.1) is 12.6 Å². The molecule has 4 aromatic heterocycles. The zero-order valence-electron chi connectivity index (χ0n) is 18.6. The second-order valence-corrected chi connectivity index (χ2v) is 7.44. The van der Waals surface area contributed by atoms with Crippen molar-refractivity contribution < 1.29 is 13.9 Å². The molecule has 10 nitrogen and oxygen atoms in total. The number of aromatic nitrogens is 7. The molecule has 0 saturated carbocycles. The lowest BCUT2D eigenvalue weighted by Crippen LogP contribution is -2.07. The van der Waals surface area contributed by atoms with Crippen molar-refractivity contribution in [2.75, 3.05) is 7.11 Å². The van der Waals surface area contributed by atoms with Gasteiger partial charge in [-0.25, -0.2) is 15.0 Å². The molecule has 4 heterocycles. The van der Waals surface area contributed by atoms with E-state index in [0.717, 1.165) is 16.8 Å². The Balaban J connectivity index is 1.64. The molecule has 0 bridgehead atoms. The Kier molecular flexibility index (Phi) is 5.17. The lowest BCUT2D eigenvalue weighted by Gasteiger charge is -2.14. The van der Waals surface area contributed by atoms with E-state index < -0.39 is 6.10 Å². The third-order valence-electron chi connectivity index (χ3n) is 5.07. The number of rotatable bonds is 6. The Morgan fingerprint density at radius 2 is 1.88 bits per heavy atom. The van der Waals surface area contributed by atoms with Crippen LogP contribution in [0.1, 0.15) is 24.8 Å². The molecule has 33 heavy (non-hydrogen) atoms. The normalized spacial score (nSPS) is 12.1. The summed E-state index contributed by atoms with van der Waals surface area (Å²) in [6.45, 7) is 3.52. The van der Waals surface area contributed by atoms with Crippen molar-refractivity contribution >= 4 is 11.0 Å². The summed E-state index contributed by atoms with van der Waals surface area (Å²) in [5.74, 6) is 1.51. The second kappa shape index (κ2) is 8.30. The number of hydrogen-bond acceptors (Lipinski definition) is 9.